The largest absolute Gasteiger partial charge is 0.399 e. The van der Waals surface area contributed by atoms with E-state index in [4.69, 9.17) is 5.73 Å². The van der Waals surface area contributed by atoms with Gasteiger partial charge in [0, 0.05) is 12.2 Å². The summed E-state index contributed by atoms with van der Waals surface area (Å²) in [6.45, 7) is 2.88. The van der Waals surface area contributed by atoms with Crippen molar-refractivity contribution in [3.8, 4) is 0 Å². The Bertz CT molecular complexity index is 487. The lowest BCUT2D eigenvalue weighted by atomic mass is 10.1. The van der Waals surface area contributed by atoms with E-state index in [-0.39, 0.29) is 24.4 Å². The van der Waals surface area contributed by atoms with Crippen LogP contribution < -0.4 is 11.1 Å². The molecule has 5 nitrogen and oxygen atoms in total. The molecule has 0 aliphatic carbocycles. The van der Waals surface area contributed by atoms with Crippen LogP contribution in [-0.2, 0) is 16.0 Å². The number of anilines is 1. The molecule has 1 saturated heterocycles. The maximum Gasteiger partial charge on any atom is 0.243 e. The van der Waals surface area contributed by atoms with Crippen LogP contribution in [0.25, 0.3) is 0 Å². The number of benzene rings is 1. The lowest BCUT2D eigenvalue weighted by Crippen LogP contribution is -2.58. The van der Waals surface area contributed by atoms with Crippen molar-refractivity contribution in [1.82, 2.24) is 10.2 Å². The second kappa shape index (κ2) is 5.84. The SMILES string of the molecule is CCC1C(=O)NC(=O)CN1CCc1ccccc1N. The predicted molar refractivity (Wildman–Crippen MR) is 73.4 cm³/mol. The van der Waals surface area contributed by atoms with Crippen LogP contribution >= 0.6 is 0 Å². The standard InChI is InChI=1S/C14H19N3O2/c1-2-12-14(19)16-13(18)9-17(12)8-7-10-5-3-4-6-11(10)15/h3-6,12H,2,7-9,15H2,1H3,(H,16,18,19). The smallest absolute Gasteiger partial charge is 0.243 e. The van der Waals surface area contributed by atoms with E-state index in [0.29, 0.717) is 13.0 Å². The number of hydrogen-bond donors (Lipinski definition) is 2. The Morgan fingerprint density at radius 1 is 1.37 bits per heavy atom. The van der Waals surface area contributed by atoms with Crippen molar-refractivity contribution in [2.24, 2.45) is 0 Å². The molecule has 1 fully saturated rings. The van der Waals surface area contributed by atoms with Gasteiger partial charge in [-0.2, -0.15) is 0 Å². The number of amides is 2. The molecule has 0 spiro atoms. The molecular weight excluding hydrogens is 242 g/mol. The Hall–Kier alpha value is -1.88. The number of imide groups is 1. The minimum absolute atomic E-state index is 0.195. The van der Waals surface area contributed by atoms with Gasteiger partial charge in [0.05, 0.1) is 12.6 Å². The summed E-state index contributed by atoms with van der Waals surface area (Å²) in [5, 5.41) is 2.38. The fraction of sp³-hybridized carbons (Fsp3) is 0.429. The monoisotopic (exact) mass is 261 g/mol. The molecule has 1 unspecified atom stereocenters. The molecule has 1 aromatic carbocycles. The molecule has 19 heavy (non-hydrogen) atoms. The highest BCUT2D eigenvalue weighted by Gasteiger charge is 2.31. The lowest BCUT2D eigenvalue weighted by Gasteiger charge is -2.33. The molecule has 3 N–H and O–H groups in total. The highest BCUT2D eigenvalue weighted by Crippen LogP contribution is 2.14. The minimum Gasteiger partial charge on any atom is -0.399 e. The highest BCUT2D eigenvalue weighted by molar-refractivity contribution is 6.01. The summed E-state index contributed by atoms with van der Waals surface area (Å²) in [5.74, 6) is -0.421. The van der Waals surface area contributed by atoms with Crippen LogP contribution in [0, 0.1) is 0 Å². The lowest BCUT2D eigenvalue weighted by molar-refractivity contribution is -0.140. The summed E-state index contributed by atoms with van der Waals surface area (Å²) in [6.07, 6.45) is 1.44. The fourth-order valence-electron chi connectivity index (χ4n) is 2.43. The molecule has 102 valence electrons. The van der Waals surface area contributed by atoms with Gasteiger partial charge in [-0.25, -0.2) is 0 Å². The van der Waals surface area contributed by atoms with Crippen molar-refractivity contribution in [2.75, 3.05) is 18.8 Å². The van der Waals surface area contributed by atoms with Crippen LogP contribution in [0.5, 0.6) is 0 Å². The van der Waals surface area contributed by atoms with Crippen molar-refractivity contribution >= 4 is 17.5 Å². The third-order valence-corrected chi connectivity index (χ3v) is 3.46. The van der Waals surface area contributed by atoms with Gasteiger partial charge in [-0.1, -0.05) is 25.1 Å². The molecule has 0 aromatic heterocycles. The van der Waals surface area contributed by atoms with E-state index < -0.39 is 0 Å². The van der Waals surface area contributed by atoms with E-state index in [2.05, 4.69) is 5.32 Å². The van der Waals surface area contributed by atoms with Crippen molar-refractivity contribution < 1.29 is 9.59 Å². The van der Waals surface area contributed by atoms with Crippen LogP contribution in [-0.4, -0.2) is 35.8 Å². The van der Waals surface area contributed by atoms with E-state index in [1.54, 1.807) is 0 Å². The van der Waals surface area contributed by atoms with Crippen LogP contribution in [0.1, 0.15) is 18.9 Å². The normalized spacial score (nSPS) is 20.4. The molecule has 2 rings (SSSR count). The number of nitrogens with two attached hydrogens (primary N) is 1. The van der Waals surface area contributed by atoms with Gasteiger partial charge in [0.15, 0.2) is 0 Å². The first-order valence-corrected chi connectivity index (χ1v) is 6.53. The van der Waals surface area contributed by atoms with Crippen LogP contribution in [0.15, 0.2) is 24.3 Å². The average Bonchev–Trinajstić information content (AvgIpc) is 2.37. The molecule has 0 radical (unpaired) electrons. The summed E-state index contributed by atoms with van der Waals surface area (Å²) in [4.78, 5) is 25.1. The number of carbonyl (C=O) groups is 2. The Balaban J connectivity index is 2.03. The Kier molecular flexibility index (Phi) is 4.16. The van der Waals surface area contributed by atoms with Crippen molar-refractivity contribution in [1.29, 1.82) is 0 Å². The van der Waals surface area contributed by atoms with E-state index in [1.165, 1.54) is 0 Å². The molecule has 1 atom stereocenters. The fourth-order valence-corrected chi connectivity index (χ4v) is 2.43. The maximum atomic E-state index is 11.7. The predicted octanol–water partition coefficient (Wildman–Crippen LogP) is 0.548. The topological polar surface area (TPSA) is 75.4 Å². The Morgan fingerprint density at radius 2 is 2.11 bits per heavy atom. The highest BCUT2D eigenvalue weighted by atomic mass is 16.2. The van der Waals surface area contributed by atoms with Crippen LogP contribution in [0.4, 0.5) is 5.69 Å². The van der Waals surface area contributed by atoms with Gasteiger partial charge in [0.25, 0.3) is 0 Å². The third kappa shape index (κ3) is 3.12. The van der Waals surface area contributed by atoms with Gasteiger partial charge in [-0.15, -0.1) is 0 Å². The van der Waals surface area contributed by atoms with Gasteiger partial charge in [-0.05, 0) is 24.5 Å². The van der Waals surface area contributed by atoms with Gasteiger partial charge >= 0.3 is 0 Å². The van der Waals surface area contributed by atoms with Gasteiger partial charge in [0.1, 0.15) is 0 Å². The molecule has 1 heterocycles. The first-order valence-electron chi connectivity index (χ1n) is 6.53. The molecule has 5 heteroatoms. The maximum absolute atomic E-state index is 11.7. The van der Waals surface area contributed by atoms with Crippen LogP contribution in [0.2, 0.25) is 0 Å². The number of nitrogen functional groups attached to an aromatic ring is 1. The van der Waals surface area contributed by atoms with Gasteiger partial charge in [0.2, 0.25) is 11.8 Å². The molecule has 1 aliphatic rings. The third-order valence-electron chi connectivity index (χ3n) is 3.46. The summed E-state index contributed by atoms with van der Waals surface area (Å²) in [5.41, 5.74) is 7.70. The Morgan fingerprint density at radius 3 is 2.79 bits per heavy atom. The van der Waals surface area contributed by atoms with Crippen molar-refractivity contribution in [3.63, 3.8) is 0 Å². The molecular formula is C14H19N3O2. The van der Waals surface area contributed by atoms with Gasteiger partial charge < -0.3 is 5.73 Å². The van der Waals surface area contributed by atoms with Crippen LogP contribution in [0.3, 0.4) is 0 Å². The zero-order valence-electron chi connectivity index (χ0n) is 11.1. The molecule has 2 amide bonds. The number of para-hydroxylation sites is 1. The van der Waals surface area contributed by atoms with E-state index in [1.807, 2.05) is 36.1 Å². The molecule has 1 aromatic rings. The average molecular weight is 261 g/mol. The first-order chi connectivity index (χ1) is 9.11. The van der Waals surface area contributed by atoms with E-state index >= 15 is 0 Å². The number of hydrogen-bond acceptors (Lipinski definition) is 4. The summed E-state index contributed by atoms with van der Waals surface area (Å²) in [6, 6.07) is 7.45. The number of piperazine rings is 1. The quantitative estimate of drug-likeness (QED) is 0.613. The van der Waals surface area contributed by atoms with Crippen molar-refractivity contribution in [2.45, 2.75) is 25.8 Å². The van der Waals surface area contributed by atoms with Crippen molar-refractivity contribution in [3.05, 3.63) is 29.8 Å². The summed E-state index contributed by atoms with van der Waals surface area (Å²) in [7, 11) is 0. The molecule has 1 aliphatic heterocycles. The summed E-state index contributed by atoms with van der Waals surface area (Å²) >= 11 is 0. The number of carbonyl (C=O) groups excluding carboxylic acids is 2. The van der Waals surface area contributed by atoms with E-state index in [9.17, 15) is 9.59 Å². The first kappa shape index (κ1) is 13.5. The number of nitrogens with zero attached hydrogens (tertiary/aromatic N) is 1. The molecule has 0 bridgehead atoms. The summed E-state index contributed by atoms with van der Waals surface area (Å²) < 4.78 is 0. The minimum atomic E-state index is -0.226. The number of rotatable bonds is 4. The zero-order valence-corrected chi connectivity index (χ0v) is 11.1. The number of nitrogens with one attached hydrogen (secondary N) is 1. The molecule has 0 saturated carbocycles. The second-order valence-corrected chi connectivity index (χ2v) is 4.76. The van der Waals surface area contributed by atoms with Gasteiger partial charge in [-0.3, -0.25) is 19.8 Å². The second-order valence-electron chi connectivity index (χ2n) is 4.76. The zero-order chi connectivity index (χ0) is 13.8. The Labute approximate surface area is 112 Å². The van der Waals surface area contributed by atoms with E-state index in [0.717, 1.165) is 17.7 Å².